The van der Waals surface area contributed by atoms with Crippen molar-refractivity contribution in [3.8, 4) is 0 Å². The van der Waals surface area contributed by atoms with Crippen LogP contribution in [0.4, 0.5) is 0 Å². The molecule has 0 aliphatic rings. The molecule has 2 aromatic rings. The van der Waals surface area contributed by atoms with E-state index in [0.29, 0.717) is 11.3 Å². The van der Waals surface area contributed by atoms with E-state index in [-0.39, 0.29) is 5.78 Å². The zero-order chi connectivity index (χ0) is 12.1. The van der Waals surface area contributed by atoms with E-state index >= 15 is 0 Å². The van der Waals surface area contributed by atoms with Crippen molar-refractivity contribution in [1.29, 1.82) is 0 Å². The van der Waals surface area contributed by atoms with Gasteiger partial charge < -0.3 is 4.42 Å². The number of ketones is 1. The van der Waals surface area contributed by atoms with E-state index in [1.807, 2.05) is 30.3 Å². The Morgan fingerprint density at radius 1 is 1.24 bits per heavy atom. The van der Waals surface area contributed by atoms with Crippen molar-refractivity contribution in [1.82, 2.24) is 0 Å². The lowest BCUT2D eigenvalue weighted by Gasteiger charge is -1.98. The molecule has 0 aliphatic carbocycles. The van der Waals surface area contributed by atoms with Gasteiger partial charge in [0.25, 0.3) is 0 Å². The second kappa shape index (κ2) is 5.30. The molecule has 0 saturated heterocycles. The summed E-state index contributed by atoms with van der Waals surface area (Å²) in [6.45, 7) is 2.09. The van der Waals surface area contributed by atoms with Crippen LogP contribution >= 0.6 is 0 Å². The van der Waals surface area contributed by atoms with Crippen LogP contribution in [-0.4, -0.2) is 5.78 Å². The molecule has 0 amide bonds. The van der Waals surface area contributed by atoms with Crippen LogP contribution in [0.2, 0.25) is 0 Å². The molecule has 1 aromatic heterocycles. The fraction of sp³-hybridized carbons (Fsp3) is 0.133. The normalized spacial score (nSPS) is 10.9. The van der Waals surface area contributed by atoms with Gasteiger partial charge in [-0.05, 0) is 36.3 Å². The van der Waals surface area contributed by atoms with Gasteiger partial charge >= 0.3 is 0 Å². The monoisotopic (exact) mass is 226 g/mol. The minimum atomic E-state index is -0.0101. The van der Waals surface area contributed by atoms with Gasteiger partial charge in [-0.15, -0.1) is 0 Å². The standard InChI is InChI=1S/C15H14O2/c1-2-12-5-7-13(8-6-12)15(16)10-9-14-4-3-11-17-14/h3-11H,2H2,1H3/b10-9+. The number of rotatable bonds is 4. The van der Waals surface area contributed by atoms with Crippen molar-refractivity contribution < 1.29 is 9.21 Å². The minimum absolute atomic E-state index is 0.0101. The number of carbonyl (C=O) groups is 1. The van der Waals surface area contributed by atoms with Crippen LogP contribution in [0.15, 0.2) is 53.2 Å². The lowest BCUT2D eigenvalue weighted by Crippen LogP contribution is -1.94. The van der Waals surface area contributed by atoms with Crippen LogP contribution in [0.5, 0.6) is 0 Å². The van der Waals surface area contributed by atoms with Crippen molar-refractivity contribution in [2.24, 2.45) is 0 Å². The summed E-state index contributed by atoms with van der Waals surface area (Å²) >= 11 is 0. The average Bonchev–Trinajstić information content (AvgIpc) is 2.89. The molecule has 0 fully saturated rings. The fourth-order valence-electron chi connectivity index (χ4n) is 1.54. The quantitative estimate of drug-likeness (QED) is 0.587. The van der Waals surface area contributed by atoms with Gasteiger partial charge in [0.05, 0.1) is 6.26 Å². The van der Waals surface area contributed by atoms with E-state index in [4.69, 9.17) is 4.42 Å². The van der Waals surface area contributed by atoms with Crippen molar-refractivity contribution in [3.05, 3.63) is 65.6 Å². The molecule has 0 aliphatic heterocycles. The third-order valence-electron chi connectivity index (χ3n) is 2.59. The van der Waals surface area contributed by atoms with Crippen LogP contribution in [-0.2, 0) is 6.42 Å². The highest BCUT2D eigenvalue weighted by molar-refractivity contribution is 6.06. The van der Waals surface area contributed by atoms with Crippen molar-refractivity contribution in [3.63, 3.8) is 0 Å². The van der Waals surface area contributed by atoms with Gasteiger partial charge in [0.15, 0.2) is 5.78 Å². The SMILES string of the molecule is CCc1ccc(C(=O)/C=C/c2ccco2)cc1. The van der Waals surface area contributed by atoms with Crippen molar-refractivity contribution in [2.75, 3.05) is 0 Å². The smallest absolute Gasteiger partial charge is 0.185 e. The van der Waals surface area contributed by atoms with E-state index in [0.717, 1.165) is 6.42 Å². The van der Waals surface area contributed by atoms with Gasteiger partial charge in [-0.3, -0.25) is 4.79 Å². The predicted octanol–water partition coefficient (Wildman–Crippen LogP) is 3.74. The number of hydrogen-bond acceptors (Lipinski definition) is 2. The third-order valence-corrected chi connectivity index (χ3v) is 2.59. The molecule has 0 atom stereocenters. The van der Waals surface area contributed by atoms with Crippen LogP contribution in [0, 0.1) is 0 Å². The molecule has 2 heteroatoms. The summed E-state index contributed by atoms with van der Waals surface area (Å²) < 4.78 is 5.12. The number of aryl methyl sites for hydroxylation is 1. The summed E-state index contributed by atoms with van der Waals surface area (Å²) in [6, 6.07) is 11.3. The maximum absolute atomic E-state index is 11.8. The Morgan fingerprint density at radius 2 is 2.00 bits per heavy atom. The Morgan fingerprint density at radius 3 is 2.59 bits per heavy atom. The van der Waals surface area contributed by atoms with Crippen LogP contribution < -0.4 is 0 Å². The number of benzene rings is 1. The molecule has 1 aromatic carbocycles. The Kier molecular flexibility index (Phi) is 3.55. The van der Waals surface area contributed by atoms with Gasteiger partial charge in [-0.1, -0.05) is 31.2 Å². The summed E-state index contributed by atoms with van der Waals surface area (Å²) in [7, 11) is 0. The average molecular weight is 226 g/mol. The molecular formula is C15H14O2. The molecule has 2 rings (SSSR count). The second-order valence-electron chi connectivity index (χ2n) is 3.76. The Labute approximate surface area is 101 Å². The first-order chi connectivity index (χ1) is 8.29. The number of hydrogen-bond donors (Lipinski definition) is 0. The highest BCUT2D eigenvalue weighted by Gasteiger charge is 2.01. The van der Waals surface area contributed by atoms with Crippen molar-refractivity contribution >= 4 is 11.9 Å². The van der Waals surface area contributed by atoms with Crippen molar-refractivity contribution in [2.45, 2.75) is 13.3 Å². The largest absolute Gasteiger partial charge is 0.465 e. The van der Waals surface area contributed by atoms with E-state index in [1.165, 1.54) is 11.6 Å². The van der Waals surface area contributed by atoms with E-state index in [2.05, 4.69) is 6.92 Å². The number of allylic oxidation sites excluding steroid dienone is 1. The Balaban J connectivity index is 2.09. The highest BCUT2D eigenvalue weighted by atomic mass is 16.3. The molecule has 0 radical (unpaired) electrons. The lowest BCUT2D eigenvalue weighted by atomic mass is 10.1. The minimum Gasteiger partial charge on any atom is -0.465 e. The zero-order valence-electron chi connectivity index (χ0n) is 9.72. The first kappa shape index (κ1) is 11.4. The van der Waals surface area contributed by atoms with E-state index in [9.17, 15) is 4.79 Å². The summed E-state index contributed by atoms with van der Waals surface area (Å²) in [5.41, 5.74) is 1.93. The molecule has 0 unspecified atom stereocenters. The van der Waals surface area contributed by atoms with Crippen LogP contribution in [0.1, 0.15) is 28.6 Å². The summed E-state index contributed by atoms with van der Waals surface area (Å²) in [6.07, 6.45) is 5.77. The highest BCUT2D eigenvalue weighted by Crippen LogP contribution is 2.08. The van der Waals surface area contributed by atoms with E-state index in [1.54, 1.807) is 18.4 Å². The molecule has 0 bridgehead atoms. The topological polar surface area (TPSA) is 30.2 Å². The molecule has 1 heterocycles. The summed E-state index contributed by atoms with van der Waals surface area (Å²) in [5, 5.41) is 0. The van der Waals surface area contributed by atoms with Gasteiger partial charge in [-0.2, -0.15) is 0 Å². The number of furan rings is 1. The second-order valence-corrected chi connectivity index (χ2v) is 3.76. The third kappa shape index (κ3) is 2.94. The fourth-order valence-corrected chi connectivity index (χ4v) is 1.54. The zero-order valence-corrected chi connectivity index (χ0v) is 9.72. The lowest BCUT2D eigenvalue weighted by molar-refractivity contribution is 0.104. The van der Waals surface area contributed by atoms with Gasteiger partial charge in [0.2, 0.25) is 0 Å². The molecule has 0 spiro atoms. The van der Waals surface area contributed by atoms with Gasteiger partial charge in [0.1, 0.15) is 5.76 Å². The molecule has 0 saturated carbocycles. The molecule has 2 nitrogen and oxygen atoms in total. The molecular weight excluding hydrogens is 212 g/mol. The van der Waals surface area contributed by atoms with Gasteiger partial charge in [0, 0.05) is 5.56 Å². The first-order valence-corrected chi connectivity index (χ1v) is 5.64. The predicted molar refractivity (Wildman–Crippen MR) is 67.9 cm³/mol. The molecule has 0 N–H and O–H groups in total. The first-order valence-electron chi connectivity index (χ1n) is 5.64. The molecule has 17 heavy (non-hydrogen) atoms. The molecule has 86 valence electrons. The van der Waals surface area contributed by atoms with E-state index < -0.39 is 0 Å². The Bertz CT molecular complexity index is 504. The maximum Gasteiger partial charge on any atom is 0.185 e. The van der Waals surface area contributed by atoms with Crippen LogP contribution in [0.3, 0.4) is 0 Å². The van der Waals surface area contributed by atoms with Crippen LogP contribution in [0.25, 0.3) is 6.08 Å². The van der Waals surface area contributed by atoms with Gasteiger partial charge in [-0.25, -0.2) is 0 Å². The number of carbonyl (C=O) groups excluding carboxylic acids is 1. The maximum atomic E-state index is 11.8. The summed E-state index contributed by atoms with van der Waals surface area (Å²) in [4.78, 5) is 11.8. The summed E-state index contributed by atoms with van der Waals surface area (Å²) in [5.74, 6) is 0.674. The Hall–Kier alpha value is -2.09.